The SMILES string of the molecule is CC(=O)c1ccc(C(=O)Nc2cc(Cl)ccc2N2CCOCC2)s1. The maximum Gasteiger partial charge on any atom is 0.265 e. The number of carbonyl (C=O) groups is 2. The molecular weight excluding hydrogens is 348 g/mol. The lowest BCUT2D eigenvalue weighted by molar-refractivity contribution is 0.101. The first-order valence-corrected chi connectivity index (χ1v) is 8.78. The quantitative estimate of drug-likeness (QED) is 0.840. The van der Waals surface area contributed by atoms with Crippen LogP contribution in [0.5, 0.6) is 0 Å². The number of benzene rings is 1. The van der Waals surface area contributed by atoms with E-state index < -0.39 is 0 Å². The molecule has 1 amide bonds. The molecule has 0 atom stereocenters. The third-order valence-corrected chi connectivity index (χ3v) is 5.16. The molecule has 24 heavy (non-hydrogen) atoms. The van der Waals surface area contributed by atoms with E-state index in [0.29, 0.717) is 33.7 Å². The van der Waals surface area contributed by atoms with E-state index in [-0.39, 0.29) is 11.7 Å². The van der Waals surface area contributed by atoms with Crippen molar-refractivity contribution in [3.8, 4) is 0 Å². The zero-order chi connectivity index (χ0) is 17.1. The summed E-state index contributed by atoms with van der Waals surface area (Å²) < 4.78 is 5.38. The van der Waals surface area contributed by atoms with E-state index in [1.165, 1.54) is 18.3 Å². The van der Waals surface area contributed by atoms with Crippen LogP contribution in [-0.4, -0.2) is 38.0 Å². The lowest BCUT2D eigenvalue weighted by Gasteiger charge is -2.30. The largest absolute Gasteiger partial charge is 0.378 e. The van der Waals surface area contributed by atoms with Gasteiger partial charge in [-0.3, -0.25) is 9.59 Å². The molecule has 1 aromatic carbocycles. The molecule has 1 fully saturated rings. The normalized spacial score (nSPS) is 14.5. The molecular formula is C17H17ClN2O3S. The molecule has 1 aliphatic heterocycles. The topological polar surface area (TPSA) is 58.6 Å². The summed E-state index contributed by atoms with van der Waals surface area (Å²) >= 11 is 7.28. The highest BCUT2D eigenvalue weighted by Crippen LogP contribution is 2.31. The number of morpholine rings is 1. The number of rotatable bonds is 4. The maximum absolute atomic E-state index is 12.5. The van der Waals surface area contributed by atoms with Crippen LogP contribution in [0.1, 0.15) is 26.3 Å². The van der Waals surface area contributed by atoms with E-state index in [4.69, 9.17) is 16.3 Å². The maximum atomic E-state index is 12.5. The molecule has 1 aliphatic rings. The number of hydrogen-bond acceptors (Lipinski definition) is 5. The van der Waals surface area contributed by atoms with Crippen molar-refractivity contribution in [3.05, 3.63) is 45.1 Å². The molecule has 0 radical (unpaired) electrons. The van der Waals surface area contributed by atoms with Gasteiger partial charge in [0.25, 0.3) is 5.91 Å². The van der Waals surface area contributed by atoms with Crippen LogP contribution in [0.2, 0.25) is 5.02 Å². The van der Waals surface area contributed by atoms with Gasteiger partial charge in [0, 0.05) is 18.1 Å². The van der Waals surface area contributed by atoms with Crippen molar-refractivity contribution in [2.24, 2.45) is 0 Å². The van der Waals surface area contributed by atoms with Gasteiger partial charge in [-0.25, -0.2) is 0 Å². The summed E-state index contributed by atoms with van der Waals surface area (Å²) in [5.74, 6) is -0.292. The first kappa shape index (κ1) is 17.0. The van der Waals surface area contributed by atoms with Crippen LogP contribution in [0.25, 0.3) is 0 Å². The van der Waals surface area contributed by atoms with Crippen LogP contribution >= 0.6 is 22.9 Å². The van der Waals surface area contributed by atoms with Crippen LogP contribution < -0.4 is 10.2 Å². The van der Waals surface area contributed by atoms with Gasteiger partial charge in [0.2, 0.25) is 0 Å². The molecule has 0 aliphatic carbocycles. The van der Waals surface area contributed by atoms with Crippen molar-refractivity contribution in [1.29, 1.82) is 0 Å². The Morgan fingerprint density at radius 1 is 1.17 bits per heavy atom. The minimum atomic E-state index is -0.246. The number of ketones is 1. The van der Waals surface area contributed by atoms with E-state index in [0.717, 1.165) is 18.8 Å². The monoisotopic (exact) mass is 364 g/mol. The van der Waals surface area contributed by atoms with Crippen LogP contribution in [0.4, 0.5) is 11.4 Å². The Kier molecular flexibility index (Phi) is 5.18. The number of anilines is 2. The first-order chi connectivity index (χ1) is 11.5. The third-order valence-electron chi connectivity index (χ3n) is 3.74. The Balaban J connectivity index is 1.83. The average Bonchev–Trinajstić information content (AvgIpc) is 3.06. The van der Waals surface area contributed by atoms with E-state index in [1.807, 2.05) is 6.07 Å². The Bertz CT molecular complexity index is 769. The van der Waals surface area contributed by atoms with Crippen molar-refractivity contribution in [1.82, 2.24) is 0 Å². The summed E-state index contributed by atoms with van der Waals surface area (Å²) in [6.07, 6.45) is 0. The van der Waals surface area contributed by atoms with Gasteiger partial charge in [-0.05, 0) is 37.3 Å². The second-order valence-electron chi connectivity index (χ2n) is 5.44. The van der Waals surface area contributed by atoms with Gasteiger partial charge in [-0.15, -0.1) is 11.3 Å². The fourth-order valence-electron chi connectivity index (χ4n) is 2.52. The Labute approximate surface area is 149 Å². The molecule has 1 aromatic heterocycles. The number of thiophene rings is 1. The van der Waals surface area contributed by atoms with Gasteiger partial charge in [-0.1, -0.05) is 11.6 Å². The van der Waals surface area contributed by atoms with Crippen LogP contribution in [-0.2, 0) is 4.74 Å². The number of Topliss-reactive ketones (excluding diaryl/α,β-unsaturated/α-hetero) is 1. The van der Waals surface area contributed by atoms with E-state index >= 15 is 0 Å². The number of nitrogens with one attached hydrogen (secondary N) is 1. The summed E-state index contributed by atoms with van der Waals surface area (Å²) in [6, 6.07) is 8.78. The van der Waals surface area contributed by atoms with Crippen molar-refractivity contribution in [2.75, 3.05) is 36.5 Å². The third kappa shape index (κ3) is 3.77. The van der Waals surface area contributed by atoms with Gasteiger partial charge < -0.3 is 15.0 Å². The van der Waals surface area contributed by atoms with Crippen molar-refractivity contribution in [2.45, 2.75) is 6.92 Å². The Morgan fingerprint density at radius 2 is 1.88 bits per heavy atom. The van der Waals surface area contributed by atoms with Gasteiger partial charge in [0.15, 0.2) is 5.78 Å². The average molecular weight is 365 g/mol. The summed E-state index contributed by atoms with van der Waals surface area (Å²) in [6.45, 7) is 4.32. The summed E-state index contributed by atoms with van der Waals surface area (Å²) in [7, 11) is 0. The number of nitrogens with zero attached hydrogens (tertiary/aromatic N) is 1. The molecule has 0 bridgehead atoms. The molecule has 1 saturated heterocycles. The Hall–Kier alpha value is -1.89. The highest BCUT2D eigenvalue weighted by Gasteiger charge is 2.18. The molecule has 126 valence electrons. The second kappa shape index (κ2) is 7.34. The van der Waals surface area contributed by atoms with Gasteiger partial charge in [0.1, 0.15) is 0 Å². The molecule has 1 N–H and O–H groups in total. The second-order valence-corrected chi connectivity index (χ2v) is 6.96. The van der Waals surface area contributed by atoms with Crippen LogP contribution in [0.3, 0.4) is 0 Å². The minimum Gasteiger partial charge on any atom is -0.378 e. The Morgan fingerprint density at radius 3 is 2.54 bits per heavy atom. The lowest BCUT2D eigenvalue weighted by Crippen LogP contribution is -2.36. The highest BCUT2D eigenvalue weighted by atomic mass is 35.5. The molecule has 0 unspecified atom stereocenters. The van der Waals surface area contributed by atoms with Crippen molar-refractivity contribution >= 4 is 46.0 Å². The number of amides is 1. The van der Waals surface area contributed by atoms with Crippen LogP contribution in [0, 0.1) is 0 Å². The summed E-state index contributed by atoms with van der Waals surface area (Å²) in [5.41, 5.74) is 1.58. The smallest absolute Gasteiger partial charge is 0.265 e. The zero-order valence-corrected chi connectivity index (χ0v) is 14.7. The minimum absolute atomic E-state index is 0.0455. The fraction of sp³-hybridized carbons (Fsp3) is 0.294. The lowest BCUT2D eigenvalue weighted by atomic mass is 10.2. The predicted molar refractivity (Wildman–Crippen MR) is 96.8 cm³/mol. The fourth-order valence-corrected chi connectivity index (χ4v) is 3.49. The zero-order valence-electron chi connectivity index (χ0n) is 13.2. The molecule has 0 spiro atoms. The summed E-state index contributed by atoms with van der Waals surface area (Å²) in [4.78, 5) is 27.1. The van der Waals surface area contributed by atoms with E-state index in [1.54, 1.807) is 24.3 Å². The van der Waals surface area contributed by atoms with Gasteiger partial charge in [0.05, 0.1) is 34.3 Å². The highest BCUT2D eigenvalue weighted by molar-refractivity contribution is 7.16. The molecule has 0 saturated carbocycles. The number of hydrogen-bond donors (Lipinski definition) is 1. The number of halogens is 1. The number of ether oxygens (including phenoxy) is 1. The molecule has 2 aromatic rings. The van der Waals surface area contributed by atoms with Crippen LogP contribution in [0.15, 0.2) is 30.3 Å². The standard InChI is InChI=1S/C17H17ClN2O3S/c1-11(21)15-4-5-16(24-15)17(22)19-13-10-12(18)2-3-14(13)20-6-8-23-9-7-20/h2-5,10H,6-9H2,1H3,(H,19,22). The summed E-state index contributed by atoms with van der Waals surface area (Å²) in [5, 5.41) is 3.46. The molecule has 3 rings (SSSR count). The molecule has 5 nitrogen and oxygen atoms in total. The first-order valence-electron chi connectivity index (χ1n) is 7.59. The predicted octanol–water partition coefficient (Wildman–Crippen LogP) is 3.69. The van der Waals surface area contributed by atoms with Gasteiger partial charge in [-0.2, -0.15) is 0 Å². The van der Waals surface area contributed by atoms with E-state index in [2.05, 4.69) is 10.2 Å². The molecule has 7 heteroatoms. The van der Waals surface area contributed by atoms with Crippen molar-refractivity contribution < 1.29 is 14.3 Å². The van der Waals surface area contributed by atoms with Crippen molar-refractivity contribution in [3.63, 3.8) is 0 Å². The van der Waals surface area contributed by atoms with E-state index in [9.17, 15) is 9.59 Å². The number of carbonyl (C=O) groups excluding carboxylic acids is 2. The molecule has 2 heterocycles. The van der Waals surface area contributed by atoms with Gasteiger partial charge >= 0.3 is 0 Å².